The molecule has 1 heterocycles. The van der Waals surface area contributed by atoms with E-state index in [-0.39, 0.29) is 11.3 Å². The summed E-state index contributed by atoms with van der Waals surface area (Å²) in [5.41, 5.74) is 1.30. The molecule has 4 nitrogen and oxygen atoms in total. The Labute approximate surface area is 142 Å². The molecule has 3 aromatic rings. The number of nitrogens with zero attached hydrogens (tertiary/aromatic N) is 1. The number of anilines is 2. The van der Waals surface area contributed by atoms with Gasteiger partial charge >= 0.3 is 0 Å². The number of hydrogen-bond acceptors (Lipinski definition) is 5. The van der Waals surface area contributed by atoms with Crippen LogP contribution in [0.5, 0.6) is 0 Å². The Morgan fingerprint density at radius 1 is 1.12 bits per heavy atom. The van der Waals surface area contributed by atoms with Crippen molar-refractivity contribution in [2.75, 3.05) is 5.32 Å². The molecular formula is C18H13FN2O2S. The second-order valence-corrected chi connectivity index (χ2v) is 6.13. The number of carbonyl (C=O) groups excluding carboxylic acids is 2. The fraction of sp³-hybridized carbons (Fsp3) is 0.0556. The molecule has 0 aliphatic carbocycles. The van der Waals surface area contributed by atoms with Gasteiger partial charge in [-0.15, -0.1) is 0 Å². The SMILES string of the molecule is CC(=O)c1cccc(Nc2ncc(C(=O)c3ccccc3F)s2)c1. The van der Waals surface area contributed by atoms with Crippen molar-refractivity contribution >= 4 is 33.7 Å². The highest BCUT2D eigenvalue weighted by atomic mass is 32.1. The minimum atomic E-state index is -0.556. The first-order valence-corrected chi connectivity index (χ1v) is 7.99. The number of carbonyl (C=O) groups is 2. The van der Waals surface area contributed by atoms with Gasteiger partial charge in [0.25, 0.3) is 0 Å². The Morgan fingerprint density at radius 2 is 1.92 bits per heavy atom. The van der Waals surface area contributed by atoms with Gasteiger partial charge in [0, 0.05) is 11.3 Å². The summed E-state index contributed by atoms with van der Waals surface area (Å²) in [6.45, 7) is 1.49. The predicted molar refractivity (Wildman–Crippen MR) is 91.7 cm³/mol. The summed E-state index contributed by atoms with van der Waals surface area (Å²) in [6.07, 6.45) is 1.41. The van der Waals surface area contributed by atoms with Crippen molar-refractivity contribution in [3.8, 4) is 0 Å². The molecule has 0 saturated carbocycles. The van der Waals surface area contributed by atoms with Crippen LogP contribution in [0, 0.1) is 5.82 Å². The van der Waals surface area contributed by atoms with Crippen LogP contribution in [0.4, 0.5) is 15.2 Å². The van der Waals surface area contributed by atoms with Crippen molar-refractivity contribution in [2.45, 2.75) is 6.92 Å². The summed E-state index contributed by atoms with van der Waals surface area (Å²) in [6, 6.07) is 12.8. The van der Waals surface area contributed by atoms with Gasteiger partial charge in [0.1, 0.15) is 5.82 Å². The summed E-state index contributed by atoms with van der Waals surface area (Å²) in [5, 5.41) is 3.55. The van der Waals surface area contributed by atoms with Crippen molar-refractivity contribution in [1.82, 2.24) is 4.98 Å². The largest absolute Gasteiger partial charge is 0.332 e. The van der Waals surface area contributed by atoms with Gasteiger partial charge in [-0.3, -0.25) is 9.59 Å². The van der Waals surface area contributed by atoms with Gasteiger partial charge in [-0.1, -0.05) is 35.6 Å². The Balaban J connectivity index is 1.81. The zero-order valence-electron chi connectivity index (χ0n) is 12.7. The molecule has 1 aromatic heterocycles. The summed E-state index contributed by atoms with van der Waals surface area (Å²) in [7, 11) is 0. The first-order chi connectivity index (χ1) is 11.5. The zero-order chi connectivity index (χ0) is 17.1. The number of aromatic nitrogens is 1. The molecule has 6 heteroatoms. The molecule has 0 spiro atoms. The Morgan fingerprint density at radius 3 is 2.67 bits per heavy atom. The number of benzene rings is 2. The van der Waals surface area contributed by atoms with Gasteiger partial charge in [-0.05, 0) is 31.2 Å². The van der Waals surface area contributed by atoms with E-state index in [0.717, 1.165) is 11.3 Å². The minimum absolute atomic E-state index is 0.0197. The average Bonchev–Trinajstić information content (AvgIpc) is 3.03. The Hall–Kier alpha value is -2.86. The highest BCUT2D eigenvalue weighted by molar-refractivity contribution is 7.17. The highest BCUT2D eigenvalue weighted by Crippen LogP contribution is 2.25. The van der Waals surface area contributed by atoms with Crippen LogP contribution in [0.25, 0.3) is 0 Å². The Kier molecular flexibility index (Phi) is 4.48. The lowest BCUT2D eigenvalue weighted by molar-refractivity contribution is 0.101. The summed E-state index contributed by atoms with van der Waals surface area (Å²) < 4.78 is 13.7. The molecule has 0 aliphatic heterocycles. The van der Waals surface area contributed by atoms with Gasteiger partial charge in [0.2, 0.25) is 5.78 Å². The fourth-order valence-electron chi connectivity index (χ4n) is 2.15. The molecule has 0 fully saturated rings. The van der Waals surface area contributed by atoms with Crippen LogP contribution in [0.1, 0.15) is 32.5 Å². The van der Waals surface area contributed by atoms with E-state index in [2.05, 4.69) is 10.3 Å². The molecule has 0 radical (unpaired) electrons. The van der Waals surface area contributed by atoms with Crippen molar-refractivity contribution in [3.63, 3.8) is 0 Å². The van der Waals surface area contributed by atoms with Crippen LogP contribution in [-0.2, 0) is 0 Å². The molecule has 2 aromatic carbocycles. The number of rotatable bonds is 5. The lowest BCUT2D eigenvalue weighted by Crippen LogP contribution is -2.01. The summed E-state index contributed by atoms with van der Waals surface area (Å²) >= 11 is 1.13. The molecule has 0 aliphatic rings. The second-order valence-electron chi connectivity index (χ2n) is 5.10. The number of Topliss-reactive ketones (excluding diaryl/α,β-unsaturated/α-hetero) is 1. The fourth-order valence-corrected chi connectivity index (χ4v) is 2.95. The van der Waals surface area contributed by atoms with Gasteiger partial charge in [0.15, 0.2) is 10.9 Å². The molecule has 0 atom stereocenters. The standard InChI is InChI=1S/C18H13FN2O2S/c1-11(22)12-5-4-6-13(9-12)21-18-20-10-16(24-18)17(23)14-7-2-3-8-15(14)19/h2-10H,1H3,(H,20,21). The topological polar surface area (TPSA) is 59.1 Å². The van der Waals surface area contributed by atoms with Gasteiger partial charge in [0.05, 0.1) is 16.6 Å². The van der Waals surface area contributed by atoms with Crippen molar-refractivity contribution in [3.05, 3.63) is 76.5 Å². The second kappa shape index (κ2) is 6.72. The van der Waals surface area contributed by atoms with E-state index >= 15 is 0 Å². The number of hydrogen-bond donors (Lipinski definition) is 1. The van der Waals surface area contributed by atoms with Crippen molar-refractivity contribution < 1.29 is 14.0 Å². The number of halogens is 1. The van der Waals surface area contributed by atoms with Crippen molar-refractivity contribution in [1.29, 1.82) is 0 Å². The molecule has 24 heavy (non-hydrogen) atoms. The first-order valence-electron chi connectivity index (χ1n) is 7.17. The smallest absolute Gasteiger partial charge is 0.207 e. The minimum Gasteiger partial charge on any atom is -0.332 e. The number of thiazole rings is 1. The van der Waals surface area contributed by atoms with E-state index in [1.807, 2.05) is 0 Å². The van der Waals surface area contributed by atoms with Crippen LogP contribution in [0.2, 0.25) is 0 Å². The molecule has 1 N–H and O–H groups in total. The molecule has 120 valence electrons. The van der Waals surface area contributed by atoms with Gasteiger partial charge < -0.3 is 5.32 Å². The molecule has 3 rings (SSSR count). The maximum absolute atomic E-state index is 13.7. The third kappa shape index (κ3) is 3.38. The van der Waals surface area contributed by atoms with E-state index in [1.165, 1.54) is 31.3 Å². The lowest BCUT2D eigenvalue weighted by atomic mass is 10.1. The average molecular weight is 340 g/mol. The maximum Gasteiger partial charge on any atom is 0.207 e. The lowest BCUT2D eigenvalue weighted by Gasteiger charge is -2.03. The van der Waals surface area contributed by atoms with E-state index in [4.69, 9.17) is 0 Å². The summed E-state index contributed by atoms with van der Waals surface area (Å²) in [5.74, 6) is -0.996. The van der Waals surface area contributed by atoms with Crippen LogP contribution < -0.4 is 5.32 Å². The third-order valence-corrected chi connectivity index (χ3v) is 4.28. The monoisotopic (exact) mass is 340 g/mol. The molecule has 0 unspecified atom stereocenters. The quantitative estimate of drug-likeness (QED) is 0.697. The molecule has 0 bridgehead atoms. The van der Waals surface area contributed by atoms with E-state index in [1.54, 1.807) is 30.3 Å². The first kappa shape index (κ1) is 16.0. The highest BCUT2D eigenvalue weighted by Gasteiger charge is 2.16. The van der Waals surface area contributed by atoms with E-state index in [9.17, 15) is 14.0 Å². The third-order valence-electron chi connectivity index (χ3n) is 3.37. The molecule has 0 saturated heterocycles. The normalized spacial score (nSPS) is 10.4. The van der Waals surface area contributed by atoms with Gasteiger partial charge in [-0.25, -0.2) is 9.37 Å². The number of nitrogens with one attached hydrogen (secondary N) is 1. The van der Waals surface area contributed by atoms with E-state index < -0.39 is 11.6 Å². The summed E-state index contributed by atoms with van der Waals surface area (Å²) in [4.78, 5) is 28.2. The van der Waals surface area contributed by atoms with Gasteiger partial charge in [-0.2, -0.15) is 0 Å². The molecule has 0 amide bonds. The predicted octanol–water partition coefficient (Wildman–Crippen LogP) is 4.46. The van der Waals surface area contributed by atoms with Crippen LogP contribution in [0.15, 0.2) is 54.7 Å². The zero-order valence-corrected chi connectivity index (χ0v) is 13.6. The van der Waals surface area contributed by atoms with Crippen molar-refractivity contribution in [2.24, 2.45) is 0 Å². The van der Waals surface area contributed by atoms with Crippen LogP contribution >= 0.6 is 11.3 Å². The van der Waals surface area contributed by atoms with E-state index in [0.29, 0.717) is 21.3 Å². The Bertz CT molecular complexity index is 921. The number of ketones is 2. The van der Waals surface area contributed by atoms with Crippen LogP contribution in [0.3, 0.4) is 0 Å². The maximum atomic E-state index is 13.7. The molecular weight excluding hydrogens is 327 g/mol. The van der Waals surface area contributed by atoms with Crippen LogP contribution in [-0.4, -0.2) is 16.6 Å².